The molecule has 2 unspecified atom stereocenters. The zero-order chi connectivity index (χ0) is 25.0. The van der Waals surface area contributed by atoms with Gasteiger partial charge in [0.15, 0.2) is 17.5 Å². The van der Waals surface area contributed by atoms with Gasteiger partial charge < -0.3 is 26.4 Å². The summed E-state index contributed by atoms with van der Waals surface area (Å²) in [4.78, 5) is 41.6. The molecule has 0 aromatic carbocycles. The van der Waals surface area contributed by atoms with Crippen LogP contribution in [-0.2, 0) is 24.7 Å². The lowest BCUT2D eigenvalue weighted by atomic mass is 10.0. The van der Waals surface area contributed by atoms with Crippen LogP contribution >= 0.6 is 11.3 Å². The lowest BCUT2D eigenvalue weighted by Crippen LogP contribution is -2.71. The number of carbonyl (C=O) groups excluding carboxylic acids is 2. The van der Waals surface area contributed by atoms with Crippen LogP contribution in [0.2, 0.25) is 0 Å². The number of anilines is 1. The molecular weight excluding hydrogens is 494 g/mol. The number of hydrogen-bond acceptors (Lipinski definition) is 13. The Bertz CT molecular complexity index is 1230. The number of nitrogens with two attached hydrogens (primary N) is 2. The Kier molecular flexibility index (Phi) is 7.23. The Labute approximate surface area is 196 Å². The first kappa shape index (κ1) is 24.7. The number of rotatable bonds is 10. The highest BCUT2D eigenvalue weighted by atomic mass is 32.2. The standard InChI is InChI=1S/C16H19N9O7S2/c1-7-11(15(27)25(7)34(28,29)30)23-14(26)12(9-6-33-16(19)22-9)24-32-3-2-31-10-5-20-8(4-21-10)13(17)18/h4-7,11H,2-3H2,1H3,(H3,17,18)(H2,19,22)(H,23,26)(H,28,29,30)/b24-12-. The van der Waals surface area contributed by atoms with E-state index in [0.717, 1.165) is 11.3 Å². The van der Waals surface area contributed by atoms with Gasteiger partial charge in [-0.15, -0.1) is 11.3 Å². The molecular formula is C16H19N9O7S2. The number of oxime groups is 1. The van der Waals surface area contributed by atoms with Crippen LogP contribution in [0.3, 0.4) is 0 Å². The number of nitrogen functional groups attached to an aromatic ring is 2. The molecule has 7 N–H and O–H groups in total. The summed E-state index contributed by atoms with van der Waals surface area (Å²) in [6.45, 7) is 1.17. The summed E-state index contributed by atoms with van der Waals surface area (Å²) in [6.07, 6.45) is 2.53. The van der Waals surface area contributed by atoms with Gasteiger partial charge in [0.05, 0.1) is 18.4 Å². The van der Waals surface area contributed by atoms with E-state index >= 15 is 0 Å². The Morgan fingerprint density at radius 3 is 2.62 bits per heavy atom. The third-order valence-electron chi connectivity index (χ3n) is 4.33. The van der Waals surface area contributed by atoms with E-state index in [0.29, 0.717) is 0 Å². The van der Waals surface area contributed by atoms with Gasteiger partial charge in [-0.1, -0.05) is 5.16 Å². The molecule has 2 aromatic rings. The summed E-state index contributed by atoms with van der Waals surface area (Å²) in [5.41, 5.74) is 10.8. The molecule has 0 spiro atoms. The van der Waals surface area contributed by atoms with Crippen molar-refractivity contribution < 1.29 is 32.1 Å². The maximum absolute atomic E-state index is 12.7. The van der Waals surface area contributed by atoms with Crippen molar-refractivity contribution in [3.63, 3.8) is 0 Å². The molecule has 1 fully saturated rings. The number of amides is 2. The van der Waals surface area contributed by atoms with Crippen LogP contribution in [0.5, 0.6) is 5.88 Å². The highest BCUT2D eigenvalue weighted by molar-refractivity contribution is 7.84. The van der Waals surface area contributed by atoms with Crippen molar-refractivity contribution in [3.05, 3.63) is 29.2 Å². The second-order valence-corrected chi connectivity index (χ2v) is 8.83. The van der Waals surface area contributed by atoms with Gasteiger partial charge in [-0.25, -0.2) is 19.3 Å². The maximum Gasteiger partial charge on any atom is 0.362 e. The van der Waals surface area contributed by atoms with E-state index in [1.165, 1.54) is 24.7 Å². The van der Waals surface area contributed by atoms with Crippen molar-refractivity contribution in [2.24, 2.45) is 10.9 Å². The van der Waals surface area contributed by atoms with Gasteiger partial charge in [0.25, 0.3) is 11.8 Å². The van der Waals surface area contributed by atoms with Crippen LogP contribution < -0.4 is 21.5 Å². The Morgan fingerprint density at radius 1 is 1.35 bits per heavy atom. The van der Waals surface area contributed by atoms with Crippen LogP contribution in [0.1, 0.15) is 18.3 Å². The van der Waals surface area contributed by atoms with Crippen molar-refractivity contribution in [2.45, 2.75) is 19.0 Å². The highest BCUT2D eigenvalue weighted by Crippen LogP contribution is 2.23. The molecule has 1 saturated heterocycles. The highest BCUT2D eigenvalue weighted by Gasteiger charge is 2.51. The van der Waals surface area contributed by atoms with Crippen LogP contribution in [0.25, 0.3) is 0 Å². The van der Waals surface area contributed by atoms with Gasteiger partial charge >= 0.3 is 10.3 Å². The van der Waals surface area contributed by atoms with Gasteiger partial charge in [-0.05, 0) is 6.92 Å². The quantitative estimate of drug-likeness (QED) is 0.0584. The first-order valence-electron chi connectivity index (χ1n) is 9.31. The Hall–Kier alpha value is -3.90. The normalized spacial score (nSPS) is 18.2. The summed E-state index contributed by atoms with van der Waals surface area (Å²) in [7, 11) is -4.74. The molecule has 0 aliphatic carbocycles. The molecule has 34 heavy (non-hydrogen) atoms. The second kappa shape index (κ2) is 9.93. The monoisotopic (exact) mass is 513 g/mol. The smallest absolute Gasteiger partial charge is 0.362 e. The lowest BCUT2D eigenvalue weighted by molar-refractivity contribution is -0.143. The van der Waals surface area contributed by atoms with Crippen molar-refractivity contribution in [3.8, 4) is 5.88 Å². The SMILES string of the molecule is CC1C(NC(=O)/C(=N\OCCOc2cnc(C(=N)N)cn2)c2csc(N)n2)C(=O)N1S(=O)(=O)O. The van der Waals surface area contributed by atoms with Crippen molar-refractivity contribution >= 4 is 50.1 Å². The molecule has 3 rings (SSSR count). The second-order valence-electron chi connectivity index (χ2n) is 6.65. The fourth-order valence-corrected chi connectivity index (χ4v) is 4.17. The minimum Gasteiger partial charge on any atom is -0.473 e. The fraction of sp³-hybridized carbons (Fsp3) is 0.312. The molecule has 16 nitrogen and oxygen atoms in total. The minimum absolute atomic E-state index is 0.0346. The number of aromatic nitrogens is 3. The first-order chi connectivity index (χ1) is 16.0. The van der Waals surface area contributed by atoms with Crippen LogP contribution in [0.4, 0.5) is 5.13 Å². The zero-order valence-electron chi connectivity index (χ0n) is 17.4. The molecule has 2 amide bonds. The van der Waals surface area contributed by atoms with E-state index in [4.69, 9.17) is 31.0 Å². The van der Waals surface area contributed by atoms with E-state index < -0.39 is 34.2 Å². The van der Waals surface area contributed by atoms with E-state index in [9.17, 15) is 18.0 Å². The molecule has 0 radical (unpaired) electrons. The minimum atomic E-state index is -4.74. The van der Waals surface area contributed by atoms with Crippen LogP contribution in [0, 0.1) is 5.41 Å². The molecule has 0 saturated carbocycles. The van der Waals surface area contributed by atoms with E-state index in [1.54, 1.807) is 0 Å². The van der Waals surface area contributed by atoms with Crippen LogP contribution in [0.15, 0.2) is 22.9 Å². The van der Waals surface area contributed by atoms with Crippen molar-refractivity contribution in [2.75, 3.05) is 18.9 Å². The Balaban J connectivity index is 1.61. The largest absolute Gasteiger partial charge is 0.473 e. The number of nitrogens with one attached hydrogen (secondary N) is 2. The third-order valence-corrected chi connectivity index (χ3v) is 6.02. The van der Waals surface area contributed by atoms with Crippen LogP contribution in [-0.4, -0.2) is 80.9 Å². The lowest BCUT2D eigenvalue weighted by Gasteiger charge is -2.42. The summed E-state index contributed by atoms with van der Waals surface area (Å²) in [5.74, 6) is -1.98. The number of amidine groups is 1. The van der Waals surface area contributed by atoms with E-state index in [-0.39, 0.29) is 51.5 Å². The topological polar surface area (TPSA) is 249 Å². The maximum atomic E-state index is 12.7. The fourth-order valence-electron chi connectivity index (χ4n) is 2.74. The first-order valence-corrected chi connectivity index (χ1v) is 11.6. The molecule has 1 aliphatic rings. The number of β-lactam (4-membered cyclic amide) rings is 1. The number of hydrogen-bond donors (Lipinski definition) is 5. The average molecular weight is 514 g/mol. The van der Waals surface area contributed by atoms with Gasteiger partial charge in [0.1, 0.15) is 29.9 Å². The van der Waals surface area contributed by atoms with Gasteiger partial charge in [-0.3, -0.25) is 19.6 Å². The summed E-state index contributed by atoms with van der Waals surface area (Å²) >= 11 is 1.04. The number of carbonyl (C=O) groups is 2. The number of nitrogens with zero attached hydrogens (tertiary/aromatic N) is 5. The summed E-state index contributed by atoms with van der Waals surface area (Å²) < 4.78 is 37.1. The van der Waals surface area contributed by atoms with Gasteiger partial charge in [-0.2, -0.15) is 8.42 Å². The summed E-state index contributed by atoms with van der Waals surface area (Å²) in [5, 5.41) is 14.9. The number of thiazole rings is 1. The number of ether oxygens (including phenoxy) is 1. The third kappa shape index (κ3) is 5.53. The Morgan fingerprint density at radius 2 is 2.09 bits per heavy atom. The molecule has 0 bridgehead atoms. The predicted molar refractivity (Wildman–Crippen MR) is 117 cm³/mol. The van der Waals surface area contributed by atoms with Gasteiger partial charge in [0.2, 0.25) is 5.88 Å². The van der Waals surface area contributed by atoms with E-state index in [1.807, 2.05) is 0 Å². The predicted octanol–water partition coefficient (Wildman–Crippen LogP) is -1.88. The molecule has 1 aliphatic heterocycles. The summed E-state index contributed by atoms with van der Waals surface area (Å²) in [6, 6.07) is -2.23. The molecule has 182 valence electrons. The molecule has 2 atom stereocenters. The van der Waals surface area contributed by atoms with E-state index in [2.05, 4.69) is 25.4 Å². The molecule has 18 heteroatoms. The van der Waals surface area contributed by atoms with Crippen molar-refractivity contribution in [1.82, 2.24) is 24.6 Å². The molecule has 2 aromatic heterocycles. The van der Waals surface area contributed by atoms with Gasteiger partial charge in [0, 0.05) is 5.38 Å². The van der Waals surface area contributed by atoms with Crippen molar-refractivity contribution in [1.29, 1.82) is 5.41 Å². The molecule has 3 heterocycles. The zero-order valence-corrected chi connectivity index (χ0v) is 19.0. The average Bonchev–Trinajstić information content (AvgIpc) is 3.19.